The quantitative estimate of drug-likeness (QED) is 0.443. The monoisotopic (exact) mass is 246 g/mol. The zero-order valence-electron chi connectivity index (χ0n) is 8.97. The molecule has 0 radical (unpaired) electrons. The molecule has 1 unspecified atom stereocenters. The molecule has 0 aliphatic rings. The second kappa shape index (κ2) is 5.09. The molecule has 16 heavy (non-hydrogen) atoms. The van der Waals surface area contributed by atoms with Gasteiger partial charge in [-0.25, -0.2) is 4.39 Å². The van der Waals surface area contributed by atoms with Crippen LogP contribution in [0, 0.1) is 0 Å². The fourth-order valence-electron chi connectivity index (χ4n) is 0.832. The fourth-order valence-corrected chi connectivity index (χ4v) is 0.832. The van der Waals surface area contributed by atoms with Crippen LogP contribution in [0.2, 0.25) is 0 Å². The molecule has 0 heterocycles. The van der Waals surface area contributed by atoms with Gasteiger partial charge in [0, 0.05) is 6.42 Å². The van der Waals surface area contributed by atoms with Crippen molar-refractivity contribution < 1.29 is 32.2 Å². The third-order valence-corrected chi connectivity index (χ3v) is 1.84. The molecule has 0 saturated heterocycles. The van der Waals surface area contributed by atoms with Gasteiger partial charge in [-0.05, 0) is 13.8 Å². The third-order valence-electron chi connectivity index (χ3n) is 1.84. The summed E-state index contributed by atoms with van der Waals surface area (Å²) in [5.74, 6) is -3.53. The Morgan fingerprint density at radius 3 is 2.06 bits per heavy atom. The second-order valence-electron chi connectivity index (χ2n) is 3.97. The predicted molar refractivity (Wildman–Crippen MR) is 47.4 cm³/mol. The number of aliphatic hydroxyl groups is 1. The maximum Gasteiger partial charge on any atom is 0.443 e. The molecule has 3 nitrogen and oxygen atoms in total. The van der Waals surface area contributed by atoms with E-state index in [1.54, 1.807) is 0 Å². The number of ether oxygens (including phenoxy) is 1. The second-order valence-corrected chi connectivity index (χ2v) is 3.97. The largest absolute Gasteiger partial charge is 0.443 e. The topological polar surface area (TPSA) is 46.5 Å². The summed E-state index contributed by atoms with van der Waals surface area (Å²) in [6, 6.07) is 0. The minimum absolute atomic E-state index is 0.103. The lowest BCUT2D eigenvalue weighted by Crippen LogP contribution is -2.48. The van der Waals surface area contributed by atoms with Crippen LogP contribution in [-0.2, 0) is 9.53 Å². The van der Waals surface area contributed by atoms with Crippen LogP contribution < -0.4 is 0 Å². The van der Waals surface area contributed by atoms with E-state index in [1.165, 1.54) is 13.8 Å². The van der Waals surface area contributed by atoms with Crippen LogP contribution in [0.15, 0.2) is 0 Å². The highest BCUT2D eigenvalue weighted by atomic mass is 19.4. The molecule has 0 aromatic rings. The summed E-state index contributed by atoms with van der Waals surface area (Å²) in [4.78, 5) is 10.0. The number of rotatable bonds is 6. The van der Waals surface area contributed by atoms with Gasteiger partial charge in [0.1, 0.15) is 12.0 Å². The molecule has 0 saturated carbocycles. The van der Waals surface area contributed by atoms with E-state index in [1.807, 2.05) is 0 Å². The lowest BCUT2D eigenvalue weighted by Gasteiger charge is -2.29. The molecule has 0 rings (SSSR count). The number of halogens is 4. The molecule has 0 aromatic carbocycles. The summed E-state index contributed by atoms with van der Waals surface area (Å²) >= 11 is 0. The van der Waals surface area contributed by atoms with E-state index in [0.29, 0.717) is 0 Å². The molecular weight excluding hydrogens is 232 g/mol. The third kappa shape index (κ3) is 4.89. The zero-order valence-corrected chi connectivity index (χ0v) is 8.97. The van der Waals surface area contributed by atoms with Crippen LogP contribution in [0.3, 0.4) is 0 Å². The predicted octanol–water partition coefficient (Wildman–Crippen LogP) is 1.98. The Morgan fingerprint density at radius 2 is 1.75 bits per heavy atom. The van der Waals surface area contributed by atoms with Gasteiger partial charge in [-0.2, -0.15) is 13.2 Å². The number of aldehydes is 1. The molecular formula is C9H14F4O3. The van der Waals surface area contributed by atoms with E-state index >= 15 is 0 Å². The summed E-state index contributed by atoms with van der Waals surface area (Å²) in [6.07, 6.45) is -6.74. The van der Waals surface area contributed by atoms with Crippen molar-refractivity contribution in [2.45, 2.75) is 44.3 Å². The molecule has 0 aromatic heterocycles. The normalized spacial score (nSPS) is 16.9. The Labute approximate surface area is 90.4 Å². The van der Waals surface area contributed by atoms with Gasteiger partial charge < -0.3 is 14.6 Å². The van der Waals surface area contributed by atoms with E-state index in [-0.39, 0.29) is 12.7 Å². The first-order valence-corrected chi connectivity index (χ1v) is 4.57. The standard InChI is InChI=1S/C9H14F4O3/c1-7(2,10)4-6-16-8(15,3-5-14)9(11,12)13/h5,15H,3-4,6H2,1-2H3. The Morgan fingerprint density at radius 1 is 1.25 bits per heavy atom. The SMILES string of the molecule is CC(C)(F)CCOC(O)(CC=O)C(F)(F)F. The van der Waals surface area contributed by atoms with E-state index in [4.69, 9.17) is 5.11 Å². The van der Waals surface area contributed by atoms with E-state index in [0.717, 1.165) is 0 Å². The van der Waals surface area contributed by atoms with Crippen LogP contribution >= 0.6 is 0 Å². The lowest BCUT2D eigenvalue weighted by atomic mass is 10.1. The summed E-state index contributed by atoms with van der Waals surface area (Å²) in [7, 11) is 0. The molecule has 0 bridgehead atoms. The lowest BCUT2D eigenvalue weighted by molar-refractivity contribution is -0.364. The van der Waals surface area contributed by atoms with Crippen LogP contribution in [0.4, 0.5) is 17.6 Å². The summed E-state index contributed by atoms with van der Waals surface area (Å²) in [6.45, 7) is 1.71. The first kappa shape index (κ1) is 15.3. The van der Waals surface area contributed by atoms with Crippen LogP contribution in [0.1, 0.15) is 26.7 Å². The highest BCUT2D eigenvalue weighted by Crippen LogP contribution is 2.34. The number of carbonyl (C=O) groups excluding carboxylic acids is 1. The average Bonchev–Trinajstić information content (AvgIpc) is 1.99. The smallest absolute Gasteiger partial charge is 0.358 e. The van der Waals surface area contributed by atoms with E-state index in [2.05, 4.69) is 4.74 Å². The van der Waals surface area contributed by atoms with Crippen molar-refractivity contribution in [1.29, 1.82) is 0 Å². The molecule has 0 amide bonds. The van der Waals surface area contributed by atoms with Gasteiger partial charge in [0.15, 0.2) is 0 Å². The first-order valence-electron chi connectivity index (χ1n) is 4.57. The molecule has 1 atom stereocenters. The van der Waals surface area contributed by atoms with Gasteiger partial charge in [0.05, 0.1) is 13.0 Å². The molecule has 0 aliphatic carbocycles. The van der Waals surface area contributed by atoms with Crippen molar-refractivity contribution in [1.82, 2.24) is 0 Å². The molecule has 0 spiro atoms. The number of hydrogen-bond donors (Lipinski definition) is 1. The van der Waals surface area contributed by atoms with Crippen molar-refractivity contribution in [2.75, 3.05) is 6.61 Å². The number of carbonyl (C=O) groups is 1. The van der Waals surface area contributed by atoms with Crippen molar-refractivity contribution in [3.05, 3.63) is 0 Å². The molecule has 0 fully saturated rings. The van der Waals surface area contributed by atoms with Crippen molar-refractivity contribution in [3.63, 3.8) is 0 Å². The van der Waals surface area contributed by atoms with Gasteiger partial charge in [-0.1, -0.05) is 0 Å². The molecule has 1 N–H and O–H groups in total. The van der Waals surface area contributed by atoms with Crippen molar-refractivity contribution in [3.8, 4) is 0 Å². The number of alkyl halides is 4. The average molecular weight is 246 g/mol. The fraction of sp³-hybridized carbons (Fsp3) is 0.889. The van der Waals surface area contributed by atoms with Crippen molar-refractivity contribution >= 4 is 6.29 Å². The summed E-state index contributed by atoms with van der Waals surface area (Å²) < 4.78 is 54.0. The molecule has 0 aliphatic heterocycles. The Hall–Kier alpha value is -0.690. The first-order chi connectivity index (χ1) is 7.02. The minimum Gasteiger partial charge on any atom is -0.358 e. The van der Waals surface area contributed by atoms with Gasteiger partial charge in [-0.15, -0.1) is 0 Å². The summed E-state index contributed by atoms with van der Waals surface area (Å²) in [5, 5.41) is 9.04. The maximum atomic E-state index is 12.9. The van der Waals surface area contributed by atoms with E-state index < -0.39 is 30.7 Å². The highest BCUT2D eigenvalue weighted by molar-refractivity contribution is 5.51. The zero-order chi connectivity index (χ0) is 13.0. The minimum atomic E-state index is -5.09. The van der Waals surface area contributed by atoms with Gasteiger partial charge in [-0.3, -0.25) is 0 Å². The van der Waals surface area contributed by atoms with Gasteiger partial charge in [0.25, 0.3) is 5.79 Å². The van der Waals surface area contributed by atoms with Crippen LogP contribution in [-0.4, -0.2) is 35.6 Å². The Kier molecular flexibility index (Phi) is 4.87. The maximum absolute atomic E-state index is 12.9. The Balaban J connectivity index is 4.41. The van der Waals surface area contributed by atoms with Crippen LogP contribution in [0.25, 0.3) is 0 Å². The highest BCUT2D eigenvalue weighted by Gasteiger charge is 2.55. The van der Waals surface area contributed by atoms with Gasteiger partial charge >= 0.3 is 6.18 Å². The number of hydrogen-bond acceptors (Lipinski definition) is 3. The van der Waals surface area contributed by atoms with Crippen molar-refractivity contribution in [2.24, 2.45) is 0 Å². The molecule has 96 valence electrons. The van der Waals surface area contributed by atoms with Gasteiger partial charge in [0.2, 0.25) is 0 Å². The van der Waals surface area contributed by atoms with E-state index in [9.17, 15) is 22.4 Å². The molecule has 7 heteroatoms. The Bertz CT molecular complexity index is 234. The summed E-state index contributed by atoms with van der Waals surface area (Å²) in [5.41, 5.74) is -1.70. The van der Waals surface area contributed by atoms with Crippen LogP contribution in [0.5, 0.6) is 0 Å².